The number of nitrogens with one attached hydrogen (secondary N) is 2. The predicted octanol–water partition coefficient (Wildman–Crippen LogP) is 2.56. The fraction of sp³-hybridized carbons (Fsp3) is 0.933. The summed E-state index contributed by atoms with van der Waals surface area (Å²) in [6, 6.07) is 0.0240. The molecule has 0 bridgehead atoms. The topological polar surface area (TPSA) is 41.1 Å². The molecule has 1 aliphatic rings. The zero-order valence-corrected chi connectivity index (χ0v) is 12.7. The van der Waals surface area contributed by atoms with Crippen molar-refractivity contribution >= 4 is 5.91 Å². The van der Waals surface area contributed by atoms with Crippen LogP contribution in [0.4, 0.5) is 0 Å². The van der Waals surface area contributed by atoms with E-state index < -0.39 is 0 Å². The minimum atomic E-state index is 0.0240. The molecule has 3 atom stereocenters. The van der Waals surface area contributed by atoms with Crippen molar-refractivity contribution in [3.8, 4) is 0 Å². The van der Waals surface area contributed by atoms with E-state index in [1.165, 1.54) is 12.8 Å². The number of rotatable bonds is 4. The third kappa shape index (κ3) is 4.60. The maximum Gasteiger partial charge on any atom is 0.237 e. The molecule has 3 nitrogen and oxygen atoms in total. The van der Waals surface area contributed by atoms with Gasteiger partial charge in [-0.2, -0.15) is 0 Å². The fourth-order valence-electron chi connectivity index (χ4n) is 2.25. The molecule has 2 N–H and O–H groups in total. The second-order valence-electron chi connectivity index (χ2n) is 6.82. The lowest BCUT2D eigenvalue weighted by Crippen LogP contribution is -2.50. The van der Waals surface area contributed by atoms with Crippen molar-refractivity contribution < 1.29 is 4.79 Å². The molecule has 0 aromatic carbocycles. The first-order valence-corrected chi connectivity index (χ1v) is 7.35. The minimum Gasteiger partial charge on any atom is -0.354 e. The van der Waals surface area contributed by atoms with Crippen LogP contribution in [0.3, 0.4) is 0 Å². The van der Waals surface area contributed by atoms with E-state index in [4.69, 9.17) is 0 Å². The quantitative estimate of drug-likeness (QED) is 0.809. The van der Waals surface area contributed by atoms with Crippen LogP contribution in [0.5, 0.6) is 0 Å². The Hall–Kier alpha value is -0.570. The van der Waals surface area contributed by atoms with E-state index in [1.807, 2.05) is 0 Å². The average molecular weight is 254 g/mol. The Morgan fingerprint density at radius 3 is 2.67 bits per heavy atom. The third-order valence-corrected chi connectivity index (χ3v) is 4.47. The van der Waals surface area contributed by atoms with Crippen molar-refractivity contribution in [2.24, 2.45) is 17.3 Å². The first-order chi connectivity index (χ1) is 8.34. The lowest BCUT2D eigenvalue weighted by molar-refractivity contribution is -0.124. The summed E-state index contributed by atoms with van der Waals surface area (Å²) in [6.45, 7) is 12.8. The molecular weight excluding hydrogens is 224 g/mol. The van der Waals surface area contributed by atoms with Gasteiger partial charge in [-0.25, -0.2) is 0 Å². The molecule has 0 aromatic heterocycles. The van der Waals surface area contributed by atoms with Gasteiger partial charge in [0.25, 0.3) is 0 Å². The number of amides is 1. The minimum absolute atomic E-state index is 0.0240. The SMILES string of the molecule is CCC1CCNC(C(=O)NCC(C)C(C)(C)C)C1. The Bertz CT molecular complexity index is 270. The Balaban J connectivity index is 2.36. The molecule has 106 valence electrons. The smallest absolute Gasteiger partial charge is 0.237 e. The highest BCUT2D eigenvalue weighted by molar-refractivity contribution is 5.81. The van der Waals surface area contributed by atoms with Gasteiger partial charge in [0.15, 0.2) is 0 Å². The highest BCUT2D eigenvalue weighted by atomic mass is 16.2. The first kappa shape index (κ1) is 15.5. The summed E-state index contributed by atoms with van der Waals surface area (Å²) in [5.41, 5.74) is 0.249. The van der Waals surface area contributed by atoms with Crippen LogP contribution >= 0.6 is 0 Å². The molecule has 1 aliphatic heterocycles. The predicted molar refractivity (Wildman–Crippen MR) is 76.4 cm³/mol. The maximum absolute atomic E-state index is 12.1. The van der Waals surface area contributed by atoms with E-state index in [0.29, 0.717) is 11.8 Å². The van der Waals surface area contributed by atoms with Gasteiger partial charge in [-0.15, -0.1) is 0 Å². The molecule has 1 rings (SSSR count). The van der Waals surface area contributed by atoms with E-state index >= 15 is 0 Å². The monoisotopic (exact) mass is 254 g/mol. The van der Waals surface area contributed by atoms with Gasteiger partial charge in [0, 0.05) is 6.54 Å². The number of hydrogen-bond acceptors (Lipinski definition) is 2. The lowest BCUT2D eigenvalue weighted by Gasteiger charge is -2.31. The molecule has 0 aromatic rings. The second kappa shape index (κ2) is 6.55. The van der Waals surface area contributed by atoms with E-state index in [0.717, 1.165) is 19.5 Å². The maximum atomic E-state index is 12.1. The zero-order chi connectivity index (χ0) is 13.8. The van der Waals surface area contributed by atoms with Gasteiger partial charge >= 0.3 is 0 Å². The molecule has 0 radical (unpaired) electrons. The number of piperidine rings is 1. The Morgan fingerprint density at radius 2 is 2.11 bits per heavy atom. The Morgan fingerprint density at radius 1 is 1.44 bits per heavy atom. The van der Waals surface area contributed by atoms with Crippen LogP contribution in [0.2, 0.25) is 0 Å². The second-order valence-corrected chi connectivity index (χ2v) is 6.82. The van der Waals surface area contributed by atoms with E-state index in [9.17, 15) is 4.79 Å². The molecule has 1 saturated heterocycles. The van der Waals surface area contributed by atoms with Gasteiger partial charge in [-0.3, -0.25) is 4.79 Å². The summed E-state index contributed by atoms with van der Waals surface area (Å²) >= 11 is 0. The van der Waals surface area contributed by atoms with Crippen LogP contribution in [-0.2, 0) is 4.79 Å². The highest BCUT2D eigenvalue weighted by Gasteiger charge is 2.27. The first-order valence-electron chi connectivity index (χ1n) is 7.35. The number of carbonyl (C=O) groups is 1. The number of hydrogen-bond donors (Lipinski definition) is 2. The van der Waals surface area contributed by atoms with Crippen molar-refractivity contribution in [3.05, 3.63) is 0 Å². The molecule has 1 fully saturated rings. The van der Waals surface area contributed by atoms with Crippen LogP contribution in [0.1, 0.15) is 53.9 Å². The standard InChI is InChI=1S/C15H30N2O/c1-6-12-7-8-16-13(9-12)14(18)17-10-11(2)15(3,4)5/h11-13,16H,6-10H2,1-5H3,(H,17,18). The van der Waals surface area contributed by atoms with Gasteiger partial charge in [0.05, 0.1) is 6.04 Å². The summed E-state index contributed by atoms with van der Waals surface area (Å²) in [6.07, 6.45) is 3.38. The summed E-state index contributed by atoms with van der Waals surface area (Å²) in [7, 11) is 0. The summed E-state index contributed by atoms with van der Waals surface area (Å²) in [5.74, 6) is 1.39. The molecule has 18 heavy (non-hydrogen) atoms. The van der Waals surface area contributed by atoms with Crippen molar-refractivity contribution in [2.45, 2.75) is 59.9 Å². The van der Waals surface area contributed by atoms with Crippen molar-refractivity contribution in [3.63, 3.8) is 0 Å². The molecule has 0 aliphatic carbocycles. The summed E-state index contributed by atoms with van der Waals surface area (Å²) < 4.78 is 0. The van der Waals surface area contributed by atoms with Crippen LogP contribution in [0.25, 0.3) is 0 Å². The van der Waals surface area contributed by atoms with Crippen LogP contribution in [-0.4, -0.2) is 25.0 Å². The molecule has 1 heterocycles. The van der Waals surface area contributed by atoms with Gasteiger partial charge in [-0.05, 0) is 36.6 Å². The van der Waals surface area contributed by atoms with E-state index in [1.54, 1.807) is 0 Å². The van der Waals surface area contributed by atoms with Crippen LogP contribution < -0.4 is 10.6 Å². The van der Waals surface area contributed by atoms with E-state index in [-0.39, 0.29) is 17.4 Å². The van der Waals surface area contributed by atoms with Gasteiger partial charge in [0.1, 0.15) is 0 Å². The average Bonchev–Trinajstić information content (AvgIpc) is 2.34. The molecular formula is C15H30N2O. The largest absolute Gasteiger partial charge is 0.354 e. The van der Waals surface area contributed by atoms with Crippen LogP contribution in [0.15, 0.2) is 0 Å². The van der Waals surface area contributed by atoms with Crippen molar-refractivity contribution in [2.75, 3.05) is 13.1 Å². The molecule has 0 spiro atoms. The molecule has 3 heteroatoms. The molecule has 3 unspecified atom stereocenters. The molecule has 1 amide bonds. The van der Waals surface area contributed by atoms with Crippen molar-refractivity contribution in [1.29, 1.82) is 0 Å². The highest BCUT2D eigenvalue weighted by Crippen LogP contribution is 2.24. The summed E-state index contributed by atoms with van der Waals surface area (Å²) in [5, 5.41) is 6.44. The third-order valence-electron chi connectivity index (χ3n) is 4.47. The Kier molecular flexibility index (Phi) is 5.64. The Labute approximate surface area is 112 Å². The van der Waals surface area contributed by atoms with Gasteiger partial charge < -0.3 is 10.6 Å². The van der Waals surface area contributed by atoms with Gasteiger partial charge in [-0.1, -0.05) is 41.0 Å². The van der Waals surface area contributed by atoms with Gasteiger partial charge in [0.2, 0.25) is 5.91 Å². The van der Waals surface area contributed by atoms with Crippen molar-refractivity contribution in [1.82, 2.24) is 10.6 Å². The molecule has 0 saturated carbocycles. The number of carbonyl (C=O) groups excluding carboxylic acids is 1. The zero-order valence-electron chi connectivity index (χ0n) is 12.7. The normalized spacial score (nSPS) is 26.7. The fourth-order valence-corrected chi connectivity index (χ4v) is 2.25. The lowest BCUT2D eigenvalue weighted by atomic mass is 9.82. The summed E-state index contributed by atoms with van der Waals surface area (Å²) in [4.78, 5) is 12.1. The van der Waals surface area contributed by atoms with Crippen LogP contribution in [0, 0.1) is 17.3 Å². The van der Waals surface area contributed by atoms with E-state index in [2.05, 4.69) is 45.3 Å².